The zero-order chi connectivity index (χ0) is 17.2. The van der Waals surface area contributed by atoms with Crippen LogP contribution >= 0.6 is 11.6 Å². The van der Waals surface area contributed by atoms with E-state index in [1.807, 2.05) is 18.2 Å². The highest BCUT2D eigenvalue weighted by molar-refractivity contribution is 6.30. The number of aryl methyl sites for hydroxylation is 1. The summed E-state index contributed by atoms with van der Waals surface area (Å²) in [4.78, 5) is 23.6. The number of rotatable bonds is 8. The minimum Gasteiger partial charge on any atom is -0.356 e. The van der Waals surface area contributed by atoms with E-state index in [1.165, 1.54) is 5.56 Å². The Kier molecular flexibility index (Phi) is 7.30. The molecule has 0 bridgehead atoms. The van der Waals surface area contributed by atoms with Crippen LogP contribution in [-0.2, 0) is 11.2 Å². The quantitative estimate of drug-likeness (QED) is 0.722. The van der Waals surface area contributed by atoms with E-state index in [0.717, 1.165) is 12.8 Å². The van der Waals surface area contributed by atoms with Gasteiger partial charge in [0.2, 0.25) is 5.91 Å². The first-order chi connectivity index (χ1) is 11.6. The summed E-state index contributed by atoms with van der Waals surface area (Å²) in [5, 5.41) is 6.17. The normalized spacial score (nSPS) is 10.2. The van der Waals surface area contributed by atoms with Gasteiger partial charge in [0.25, 0.3) is 5.91 Å². The molecule has 2 rings (SSSR count). The number of carbonyl (C=O) groups excluding carboxylic acids is 2. The Hall–Kier alpha value is -2.33. The monoisotopic (exact) mass is 344 g/mol. The predicted octanol–water partition coefficient (Wildman–Crippen LogP) is 3.21. The highest BCUT2D eigenvalue weighted by atomic mass is 35.5. The number of nitrogens with one attached hydrogen (secondary N) is 2. The number of amides is 2. The summed E-state index contributed by atoms with van der Waals surface area (Å²) >= 11 is 5.78. The van der Waals surface area contributed by atoms with Crippen LogP contribution in [0.1, 0.15) is 28.8 Å². The van der Waals surface area contributed by atoms with Crippen molar-refractivity contribution in [2.24, 2.45) is 0 Å². The van der Waals surface area contributed by atoms with Crippen molar-refractivity contribution in [3.05, 3.63) is 70.7 Å². The number of benzene rings is 2. The molecule has 126 valence electrons. The molecule has 5 heteroatoms. The van der Waals surface area contributed by atoms with E-state index in [2.05, 4.69) is 22.8 Å². The first-order valence-electron chi connectivity index (χ1n) is 7.99. The lowest BCUT2D eigenvalue weighted by Crippen LogP contribution is -2.31. The molecule has 0 heterocycles. The van der Waals surface area contributed by atoms with E-state index in [-0.39, 0.29) is 18.2 Å². The molecule has 0 aromatic heterocycles. The summed E-state index contributed by atoms with van der Waals surface area (Å²) in [5.41, 5.74) is 1.80. The number of hydrogen-bond acceptors (Lipinski definition) is 2. The molecule has 0 saturated heterocycles. The van der Waals surface area contributed by atoms with Crippen LogP contribution in [0.3, 0.4) is 0 Å². The smallest absolute Gasteiger partial charge is 0.251 e. The summed E-state index contributed by atoms with van der Waals surface area (Å²) < 4.78 is 0. The van der Waals surface area contributed by atoms with Crippen molar-refractivity contribution in [1.29, 1.82) is 0 Å². The first kappa shape index (κ1) is 18.0. The Bertz CT molecular complexity index is 657. The Labute approximate surface area is 147 Å². The molecule has 0 unspecified atom stereocenters. The minimum atomic E-state index is -0.205. The summed E-state index contributed by atoms with van der Waals surface area (Å²) in [6.45, 7) is 0.949. The van der Waals surface area contributed by atoms with Crippen molar-refractivity contribution in [2.75, 3.05) is 13.1 Å². The lowest BCUT2D eigenvalue weighted by atomic mass is 10.1. The average Bonchev–Trinajstić information content (AvgIpc) is 2.60. The number of hydrogen-bond donors (Lipinski definition) is 2. The second-order valence-corrected chi connectivity index (χ2v) is 5.89. The Morgan fingerprint density at radius 3 is 2.29 bits per heavy atom. The van der Waals surface area contributed by atoms with Gasteiger partial charge in [-0.15, -0.1) is 0 Å². The maximum Gasteiger partial charge on any atom is 0.251 e. The second-order valence-electron chi connectivity index (χ2n) is 5.45. The van der Waals surface area contributed by atoms with E-state index >= 15 is 0 Å². The van der Waals surface area contributed by atoms with Crippen molar-refractivity contribution < 1.29 is 9.59 Å². The zero-order valence-electron chi connectivity index (χ0n) is 13.4. The second kappa shape index (κ2) is 9.73. The molecule has 0 spiro atoms. The molecule has 0 aliphatic heterocycles. The lowest BCUT2D eigenvalue weighted by Gasteiger charge is -2.07. The predicted molar refractivity (Wildman–Crippen MR) is 96.2 cm³/mol. The molecule has 0 radical (unpaired) electrons. The molecule has 0 saturated carbocycles. The van der Waals surface area contributed by atoms with Gasteiger partial charge in [0.15, 0.2) is 0 Å². The topological polar surface area (TPSA) is 58.2 Å². The van der Waals surface area contributed by atoms with Gasteiger partial charge < -0.3 is 10.6 Å². The largest absolute Gasteiger partial charge is 0.356 e. The molecule has 2 N–H and O–H groups in total. The van der Waals surface area contributed by atoms with Crippen molar-refractivity contribution in [1.82, 2.24) is 10.6 Å². The fourth-order valence-corrected chi connectivity index (χ4v) is 2.37. The van der Waals surface area contributed by atoms with Gasteiger partial charge in [-0.2, -0.15) is 0 Å². The van der Waals surface area contributed by atoms with Crippen LogP contribution in [0.2, 0.25) is 5.02 Å². The summed E-state index contributed by atoms with van der Waals surface area (Å²) in [6, 6.07) is 16.8. The standard InChI is InChI=1S/C19H21ClN2O2/c20-17-10-8-16(9-11-17)19(24)22-14-12-18(23)21-13-4-7-15-5-2-1-3-6-15/h1-3,5-6,8-11H,4,7,12-14H2,(H,21,23)(H,22,24). The number of halogens is 1. The van der Waals surface area contributed by atoms with E-state index in [9.17, 15) is 9.59 Å². The summed E-state index contributed by atoms with van der Waals surface area (Å²) in [5.74, 6) is -0.261. The highest BCUT2D eigenvalue weighted by Crippen LogP contribution is 2.09. The first-order valence-corrected chi connectivity index (χ1v) is 8.37. The highest BCUT2D eigenvalue weighted by Gasteiger charge is 2.06. The van der Waals surface area contributed by atoms with Gasteiger partial charge in [-0.25, -0.2) is 0 Å². The van der Waals surface area contributed by atoms with Crippen LogP contribution in [0.5, 0.6) is 0 Å². The maximum absolute atomic E-state index is 11.9. The average molecular weight is 345 g/mol. The third kappa shape index (κ3) is 6.42. The van der Waals surface area contributed by atoms with Crippen molar-refractivity contribution in [3.63, 3.8) is 0 Å². The SMILES string of the molecule is O=C(CCNC(=O)c1ccc(Cl)cc1)NCCCc1ccccc1. The molecule has 2 aromatic carbocycles. The van der Waals surface area contributed by atoms with Gasteiger partial charge in [-0.3, -0.25) is 9.59 Å². The molecule has 24 heavy (non-hydrogen) atoms. The Morgan fingerprint density at radius 2 is 1.58 bits per heavy atom. The van der Waals surface area contributed by atoms with Gasteiger partial charge in [0.1, 0.15) is 0 Å². The summed E-state index contributed by atoms with van der Waals surface area (Å²) in [7, 11) is 0. The molecule has 2 amide bonds. The van der Waals surface area contributed by atoms with Crippen molar-refractivity contribution in [2.45, 2.75) is 19.3 Å². The molecule has 0 atom stereocenters. The molecular weight excluding hydrogens is 324 g/mol. The third-order valence-corrected chi connectivity index (χ3v) is 3.80. The molecule has 2 aromatic rings. The third-order valence-electron chi connectivity index (χ3n) is 3.55. The fourth-order valence-electron chi connectivity index (χ4n) is 2.25. The number of carbonyl (C=O) groups is 2. The molecular formula is C19H21ClN2O2. The Balaban J connectivity index is 1.58. The van der Waals surface area contributed by atoms with E-state index in [0.29, 0.717) is 23.7 Å². The molecule has 0 aliphatic rings. The van der Waals surface area contributed by atoms with Gasteiger partial charge in [0, 0.05) is 30.1 Å². The van der Waals surface area contributed by atoms with Crippen molar-refractivity contribution >= 4 is 23.4 Å². The van der Waals surface area contributed by atoms with Gasteiger partial charge in [0.05, 0.1) is 0 Å². The van der Waals surface area contributed by atoms with Crippen LogP contribution in [-0.4, -0.2) is 24.9 Å². The lowest BCUT2D eigenvalue weighted by molar-refractivity contribution is -0.120. The van der Waals surface area contributed by atoms with Crippen molar-refractivity contribution in [3.8, 4) is 0 Å². The van der Waals surface area contributed by atoms with Crippen LogP contribution < -0.4 is 10.6 Å². The van der Waals surface area contributed by atoms with Crippen LogP contribution in [0.25, 0.3) is 0 Å². The fraction of sp³-hybridized carbons (Fsp3) is 0.263. The molecule has 0 aliphatic carbocycles. The van der Waals surface area contributed by atoms with E-state index < -0.39 is 0 Å². The Morgan fingerprint density at radius 1 is 0.875 bits per heavy atom. The maximum atomic E-state index is 11.9. The van der Waals surface area contributed by atoms with Gasteiger partial charge in [-0.1, -0.05) is 41.9 Å². The van der Waals surface area contributed by atoms with Gasteiger partial charge in [-0.05, 0) is 42.7 Å². The van der Waals surface area contributed by atoms with Gasteiger partial charge >= 0.3 is 0 Å². The molecule has 0 fully saturated rings. The van der Waals surface area contributed by atoms with Crippen LogP contribution in [0.15, 0.2) is 54.6 Å². The van der Waals surface area contributed by atoms with E-state index in [4.69, 9.17) is 11.6 Å². The summed E-state index contributed by atoms with van der Waals surface area (Å²) in [6.07, 6.45) is 2.10. The zero-order valence-corrected chi connectivity index (χ0v) is 14.2. The minimum absolute atomic E-state index is 0.0560. The van der Waals surface area contributed by atoms with E-state index in [1.54, 1.807) is 24.3 Å². The van der Waals surface area contributed by atoms with Crippen LogP contribution in [0.4, 0.5) is 0 Å². The molecule has 4 nitrogen and oxygen atoms in total. The van der Waals surface area contributed by atoms with Crippen LogP contribution in [0, 0.1) is 0 Å².